The standard InChI is InChI=1S/C30H25ClN2O4/c1-20-15-25(13-14-26(20)31)36-19-30(35)37-18-29(34)33-28(22-8-3-2-4-9-22)17-27(32-33)24-12-11-21-7-5-6-10-23(21)16-24/h2-16,28H,17-19H2,1H3. The zero-order valence-corrected chi connectivity index (χ0v) is 21.0. The lowest BCUT2D eigenvalue weighted by Crippen LogP contribution is -2.32. The number of carbonyl (C=O) groups excluding carboxylic acids is 2. The molecule has 0 spiro atoms. The van der Waals surface area contributed by atoms with Crippen molar-refractivity contribution in [3.63, 3.8) is 0 Å². The topological polar surface area (TPSA) is 68.2 Å². The summed E-state index contributed by atoms with van der Waals surface area (Å²) in [5, 5.41) is 8.96. The van der Waals surface area contributed by atoms with Crippen LogP contribution in [0.5, 0.6) is 5.75 Å². The molecule has 0 fully saturated rings. The first-order chi connectivity index (χ1) is 18.0. The predicted molar refractivity (Wildman–Crippen MR) is 144 cm³/mol. The number of ether oxygens (including phenoxy) is 2. The summed E-state index contributed by atoms with van der Waals surface area (Å²) in [4.78, 5) is 25.4. The van der Waals surface area contributed by atoms with E-state index < -0.39 is 18.5 Å². The number of hydrogen-bond acceptors (Lipinski definition) is 5. The fraction of sp³-hybridized carbons (Fsp3) is 0.167. The number of carbonyl (C=O) groups is 2. The third-order valence-electron chi connectivity index (χ3n) is 6.28. The highest BCUT2D eigenvalue weighted by Crippen LogP contribution is 2.33. The summed E-state index contributed by atoms with van der Waals surface area (Å²) in [5.41, 5.74) is 3.56. The van der Waals surface area contributed by atoms with Crippen LogP contribution >= 0.6 is 11.6 Å². The van der Waals surface area contributed by atoms with Crippen molar-refractivity contribution in [1.29, 1.82) is 0 Å². The van der Waals surface area contributed by atoms with E-state index in [-0.39, 0.29) is 12.6 Å². The molecule has 186 valence electrons. The van der Waals surface area contributed by atoms with Gasteiger partial charge in [0.25, 0.3) is 5.91 Å². The van der Waals surface area contributed by atoms with Gasteiger partial charge in [-0.15, -0.1) is 0 Å². The van der Waals surface area contributed by atoms with Gasteiger partial charge in [0, 0.05) is 11.4 Å². The predicted octanol–water partition coefficient (Wildman–Crippen LogP) is 6.10. The van der Waals surface area contributed by atoms with Gasteiger partial charge in [0.1, 0.15) is 5.75 Å². The van der Waals surface area contributed by atoms with Crippen molar-refractivity contribution >= 4 is 40.0 Å². The number of rotatable bonds is 7. The van der Waals surface area contributed by atoms with E-state index >= 15 is 0 Å². The minimum absolute atomic E-state index is 0.290. The van der Waals surface area contributed by atoms with Gasteiger partial charge in [-0.2, -0.15) is 5.10 Å². The Balaban J connectivity index is 1.29. The number of hydrogen-bond donors (Lipinski definition) is 0. The van der Waals surface area contributed by atoms with E-state index in [4.69, 9.17) is 21.1 Å². The molecule has 0 bridgehead atoms. The minimum Gasteiger partial charge on any atom is -0.482 e. The van der Waals surface area contributed by atoms with Gasteiger partial charge in [-0.05, 0) is 58.7 Å². The zero-order chi connectivity index (χ0) is 25.8. The number of amides is 1. The summed E-state index contributed by atoms with van der Waals surface area (Å²) in [7, 11) is 0. The molecular weight excluding hydrogens is 488 g/mol. The normalized spacial score (nSPS) is 14.9. The van der Waals surface area contributed by atoms with E-state index in [1.807, 2.05) is 55.5 Å². The highest BCUT2D eigenvalue weighted by Gasteiger charge is 2.33. The molecule has 1 unspecified atom stereocenters. The smallest absolute Gasteiger partial charge is 0.344 e. The summed E-state index contributed by atoms with van der Waals surface area (Å²) in [6.45, 7) is 1.10. The lowest BCUT2D eigenvalue weighted by Gasteiger charge is -2.21. The molecule has 4 aromatic carbocycles. The van der Waals surface area contributed by atoms with Gasteiger partial charge in [-0.3, -0.25) is 4.79 Å². The summed E-state index contributed by atoms with van der Waals surface area (Å²) in [6, 6.07) is 28.8. The molecule has 0 saturated carbocycles. The Morgan fingerprint density at radius 1 is 0.919 bits per heavy atom. The molecular formula is C30H25ClN2O4. The Bertz CT molecular complexity index is 1490. The summed E-state index contributed by atoms with van der Waals surface area (Å²) >= 11 is 6.02. The van der Waals surface area contributed by atoms with Crippen LogP contribution < -0.4 is 4.74 Å². The largest absolute Gasteiger partial charge is 0.482 e. The van der Waals surface area contributed by atoms with Crippen LogP contribution in [-0.2, 0) is 14.3 Å². The maximum Gasteiger partial charge on any atom is 0.344 e. The summed E-state index contributed by atoms with van der Waals surface area (Å²) < 4.78 is 10.7. The number of aryl methyl sites for hydroxylation is 1. The number of fused-ring (bicyclic) bond motifs is 1. The molecule has 1 amide bonds. The number of benzene rings is 4. The maximum absolute atomic E-state index is 13.2. The van der Waals surface area contributed by atoms with Gasteiger partial charge in [-0.25, -0.2) is 9.80 Å². The van der Waals surface area contributed by atoms with Crippen molar-refractivity contribution in [2.45, 2.75) is 19.4 Å². The van der Waals surface area contributed by atoms with Crippen molar-refractivity contribution in [3.05, 3.63) is 113 Å². The first kappa shape index (κ1) is 24.5. The SMILES string of the molecule is Cc1cc(OCC(=O)OCC(=O)N2N=C(c3ccc4ccccc4c3)CC2c2ccccc2)ccc1Cl. The molecule has 4 aromatic rings. The van der Waals surface area contributed by atoms with Crippen LogP contribution in [0.2, 0.25) is 5.02 Å². The van der Waals surface area contributed by atoms with Crippen molar-refractivity contribution < 1.29 is 19.1 Å². The quantitative estimate of drug-likeness (QED) is 0.280. The second-order valence-electron chi connectivity index (χ2n) is 8.84. The lowest BCUT2D eigenvalue weighted by atomic mass is 9.97. The molecule has 0 aliphatic carbocycles. The summed E-state index contributed by atoms with van der Waals surface area (Å²) in [5.74, 6) is -0.547. The minimum atomic E-state index is -0.643. The van der Waals surface area contributed by atoms with E-state index in [2.05, 4.69) is 29.4 Å². The van der Waals surface area contributed by atoms with Crippen LogP contribution in [-0.4, -0.2) is 35.8 Å². The number of nitrogens with zero attached hydrogens (tertiary/aromatic N) is 2. The summed E-state index contributed by atoms with van der Waals surface area (Å²) in [6.07, 6.45) is 0.557. The highest BCUT2D eigenvalue weighted by atomic mass is 35.5. The van der Waals surface area contributed by atoms with Gasteiger partial charge in [0.2, 0.25) is 0 Å². The highest BCUT2D eigenvalue weighted by molar-refractivity contribution is 6.31. The molecule has 6 nitrogen and oxygen atoms in total. The van der Waals surface area contributed by atoms with Gasteiger partial charge < -0.3 is 9.47 Å². The van der Waals surface area contributed by atoms with E-state index in [1.54, 1.807) is 18.2 Å². The van der Waals surface area contributed by atoms with Crippen molar-refractivity contribution in [3.8, 4) is 5.75 Å². The molecule has 5 rings (SSSR count). The molecule has 1 aliphatic rings. The van der Waals surface area contributed by atoms with Crippen LogP contribution in [0, 0.1) is 6.92 Å². The van der Waals surface area contributed by atoms with Crippen LogP contribution in [0.15, 0.2) is 96.1 Å². The molecule has 1 aliphatic heterocycles. The Labute approximate surface area is 220 Å². The average molecular weight is 513 g/mol. The first-order valence-electron chi connectivity index (χ1n) is 12.0. The van der Waals surface area contributed by atoms with Crippen molar-refractivity contribution in [1.82, 2.24) is 5.01 Å². The van der Waals surface area contributed by atoms with Crippen molar-refractivity contribution in [2.75, 3.05) is 13.2 Å². The number of hydrazone groups is 1. The number of esters is 1. The van der Waals surface area contributed by atoms with Gasteiger partial charge in [-0.1, -0.05) is 78.3 Å². The van der Waals surface area contributed by atoms with Gasteiger partial charge in [0.05, 0.1) is 11.8 Å². The molecule has 0 saturated heterocycles. The average Bonchev–Trinajstić information content (AvgIpc) is 3.38. The first-order valence-corrected chi connectivity index (χ1v) is 12.3. The van der Waals surface area contributed by atoms with E-state index in [0.29, 0.717) is 17.2 Å². The van der Waals surface area contributed by atoms with E-state index in [9.17, 15) is 9.59 Å². The molecule has 37 heavy (non-hydrogen) atoms. The third-order valence-corrected chi connectivity index (χ3v) is 6.70. The maximum atomic E-state index is 13.2. The molecule has 1 heterocycles. The molecule has 0 N–H and O–H groups in total. The Morgan fingerprint density at radius 2 is 1.68 bits per heavy atom. The monoisotopic (exact) mass is 512 g/mol. The van der Waals surface area contributed by atoms with Crippen LogP contribution in [0.3, 0.4) is 0 Å². The fourth-order valence-corrected chi connectivity index (χ4v) is 4.44. The molecule has 1 atom stereocenters. The fourth-order valence-electron chi connectivity index (χ4n) is 4.32. The van der Waals surface area contributed by atoms with Gasteiger partial charge >= 0.3 is 5.97 Å². The van der Waals surface area contributed by atoms with E-state index in [1.165, 1.54) is 5.01 Å². The third kappa shape index (κ3) is 5.65. The van der Waals surface area contributed by atoms with E-state index in [0.717, 1.165) is 33.2 Å². The zero-order valence-electron chi connectivity index (χ0n) is 20.3. The van der Waals surface area contributed by atoms with Crippen LogP contribution in [0.4, 0.5) is 0 Å². The second-order valence-corrected chi connectivity index (χ2v) is 9.25. The molecule has 0 radical (unpaired) electrons. The van der Waals surface area contributed by atoms with Crippen LogP contribution in [0.1, 0.15) is 29.2 Å². The van der Waals surface area contributed by atoms with Crippen molar-refractivity contribution in [2.24, 2.45) is 5.10 Å². The Morgan fingerprint density at radius 3 is 2.46 bits per heavy atom. The van der Waals surface area contributed by atoms with Crippen LogP contribution in [0.25, 0.3) is 10.8 Å². The molecule has 0 aromatic heterocycles. The second kappa shape index (κ2) is 10.8. The lowest BCUT2D eigenvalue weighted by molar-refractivity contribution is -0.154. The Hall–Kier alpha value is -4.16. The van der Waals surface area contributed by atoms with Gasteiger partial charge in [0.15, 0.2) is 13.2 Å². The Kier molecular flexibility index (Phi) is 7.19. The molecule has 7 heteroatoms. The number of halogens is 1.